The molecule has 1 spiro atoms. The number of hydrogen-bond donors (Lipinski definition) is 2. The van der Waals surface area contributed by atoms with Crippen LogP contribution in [0.4, 0.5) is 8.78 Å². The van der Waals surface area contributed by atoms with E-state index in [1.54, 1.807) is 12.1 Å². The standard InChI is InChI=1S/C24H23F2NO4/c1-23(2)12-31-24(9-8-13(11-24)22(29)30)20-19-17(4-3-5-18(19)28)27(21(20)23)14-6-7-15(25)16(26)10-14/h3-7,10,13,28H,8-9,11-12H2,1-2H3,(H,29,30)/t13-,24+/m1/s1. The van der Waals surface area contributed by atoms with Gasteiger partial charge in [0, 0.05) is 33.8 Å². The molecule has 0 unspecified atom stereocenters. The lowest BCUT2D eigenvalue weighted by atomic mass is 9.76. The Morgan fingerprint density at radius 1 is 1.19 bits per heavy atom. The molecule has 0 amide bonds. The Morgan fingerprint density at radius 2 is 1.97 bits per heavy atom. The highest BCUT2D eigenvalue weighted by molar-refractivity contribution is 5.94. The van der Waals surface area contributed by atoms with Gasteiger partial charge >= 0.3 is 5.97 Å². The molecule has 0 saturated heterocycles. The fraction of sp³-hybridized carbons (Fsp3) is 0.375. The highest BCUT2D eigenvalue weighted by atomic mass is 19.2. The molecule has 0 radical (unpaired) electrons. The number of phenols is 1. The van der Waals surface area contributed by atoms with Gasteiger partial charge < -0.3 is 19.5 Å². The van der Waals surface area contributed by atoms with Gasteiger partial charge in [0.2, 0.25) is 0 Å². The number of carboxylic acid groups (broad SMARTS) is 1. The Labute approximate surface area is 177 Å². The molecule has 0 bridgehead atoms. The van der Waals surface area contributed by atoms with E-state index < -0.39 is 34.5 Å². The summed E-state index contributed by atoms with van der Waals surface area (Å²) >= 11 is 0. The van der Waals surface area contributed by atoms with Crippen molar-refractivity contribution in [3.63, 3.8) is 0 Å². The van der Waals surface area contributed by atoms with E-state index in [1.165, 1.54) is 6.07 Å². The molecule has 3 aromatic rings. The highest BCUT2D eigenvalue weighted by Gasteiger charge is 2.53. The summed E-state index contributed by atoms with van der Waals surface area (Å²) in [6.45, 7) is 4.33. The van der Waals surface area contributed by atoms with Gasteiger partial charge in [-0.1, -0.05) is 19.9 Å². The van der Waals surface area contributed by atoms with Crippen molar-refractivity contribution >= 4 is 16.9 Å². The number of nitrogens with zero attached hydrogens (tertiary/aromatic N) is 1. The van der Waals surface area contributed by atoms with Crippen LogP contribution in [0, 0.1) is 17.6 Å². The lowest BCUT2D eigenvalue weighted by Crippen LogP contribution is -2.43. The van der Waals surface area contributed by atoms with Crippen LogP contribution < -0.4 is 0 Å². The Balaban J connectivity index is 1.88. The second-order valence-electron chi connectivity index (χ2n) is 9.27. The van der Waals surface area contributed by atoms with Crippen molar-refractivity contribution in [2.75, 3.05) is 6.61 Å². The van der Waals surface area contributed by atoms with Crippen LogP contribution in [0.3, 0.4) is 0 Å². The summed E-state index contributed by atoms with van der Waals surface area (Å²) in [5.74, 6) is -3.24. The Bertz CT molecular complexity index is 1230. The smallest absolute Gasteiger partial charge is 0.306 e. The van der Waals surface area contributed by atoms with Crippen LogP contribution in [0.5, 0.6) is 5.75 Å². The second-order valence-corrected chi connectivity index (χ2v) is 9.27. The molecule has 7 heteroatoms. The molecule has 2 N–H and O–H groups in total. The fourth-order valence-corrected chi connectivity index (χ4v) is 5.34. The van der Waals surface area contributed by atoms with E-state index in [9.17, 15) is 23.8 Å². The molecule has 2 aromatic carbocycles. The van der Waals surface area contributed by atoms with Crippen molar-refractivity contribution in [1.82, 2.24) is 4.57 Å². The van der Waals surface area contributed by atoms with Crippen LogP contribution in [0.15, 0.2) is 36.4 Å². The van der Waals surface area contributed by atoms with Crippen LogP contribution >= 0.6 is 0 Å². The third-order valence-corrected chi connectivity index (χ3v) is 6.76. The Morgan fingerprint density at radius 3 is 2.65 bits per heavy atom. The first kappa shape index (κ1) is 20.0. The molecule has 1 fully saturated rings. The number of phenolic OH excluding ortho intramolecular Hbond substituents is 1. The number of benzene rings is 2. The predicted molar refractivity (Wildman–Crippen MR) is 110 cm³/mol. The highest BCUT2D eigenvalue weighted by Crippen LogP contribution is 2.56. The zero-order valence-corrected chi connectivity index (χ0v) is 17.3. The van der Waals surface area contributed by atoms with E-state index in [2.05, 4.69) is 0 Å². The third-order valence-electron chi connectivity index (χ3n) is 6.76. The minimum Gasteiger partial charge on any atom is -0.507 e. The minimum atomic E-state index is -0.959. The second kappa shape index (κ2) is 6.53. The van der Waals surface area contributed by atoms with Gasteiger partial charge in [0.25, 0.3) is 0 Å². The maximum Gasteiger partial charge on any atom is 0.306 e. The first-order valence-electron chi connectivity index (χ1n) is 10.3. The molecule has 5 rings (SSSR count). The summed E-state index contributed by atoms with van der Waals surface area (Å²) in [5.41, 5.74) is 1.30. The molecule has 1 aromatic heterocycles. The molecular formula is C24H23F2NO4. The van der Waals surface area contributed by atoms with E-state index >= 15 is 0 Å². The van der Waals surface area contributed by atoms with Crippen molar-refractivity contribution in [2.24, 2.45) is 5.92 Å². The van der Waals surface area contributed by atoms with Crippen molar-refractivity contribution in [1.29, 1.82) is 0 Å². The molecule has 2 atom stereocenters. The monoisotopic (exact) mass is 427 g/mol. The summed E-state index contributed by atoms with van der Waals surface area (Å²) in [6, 6.07) is 8.85. The van der Waals surface area contributed by atoms with E-state index in [4.69, 9.17) is 4.74 Å². The molecule has 2 aliphatic rings. The van der Waals surface area contributed by atoms with E-state index in [0.717, 1.165) is 23.4 Å². The Hall–Kier alpha value is -2.93. The van der Waals surface area contributed by atoms with Gasteiger partial charge in [0.15, 0.2) is 11.6 Å². The van der Waals surface area contributed by atoms with Crippen molar-refractivity contribution in [3.05, 3.63) is 59.3 Å². The number of aromatic hydroxyl groups is 1. The fourth-order valence-electron chi connectivity index (χ4n) is 5.34. The normalized spacial score (nSPS) is 24.6. The summed E-state index contributed by atoms with van der Waals surface area (Å²) in [6.07, 6.45) is 1.29. The van der Waals surface area contributed by atoms with Crippen LogP contribution in [0.2, 0.25) is 0 Å². The number of aromatic nitrogens is 1. The van der Waals surface area contributed by atoms with Crippen molar-refractivity contribution in [3.8, 4) is 11.4 Å². The number of carbonyl (C=O) groups is 1. The number of rotatable bonds is 2. The average molecular weight is 427 g/mol. The number of ether oxygens (including phenoxy) is 1. The van der Waals surface area contributed by atoms with E-state index in [1.807, 2.05) is 24.5 Å². The Kier molecular flexibility index (Phi) is 4.21. The number of fused-ring (bicyclic) bond motifs is 4. The largest absolute Gasteiger partial charge is 0.507 e. The molecule has 162 valence electrons. The summed E-state index contributed by atoms with van der Waals surface area (Å²) in [4.78, 5) is 11.7. The van der Waals surface area contributed by atoms with Crippen molar-refractivity contribution < 1.29 is 28.5 Å². The van der Waals surface area contributed by atoms with Gasteiger partial charge in [0.1, 0.15) is 5.75 Å². The molecule has 5 nitrogen and oxygen atoms in total. The van der Waals surface area contributed by atoms with Gasteiger partial charge in [-0.3, -0.25) is 4.79 Å². The maximum absolute atomic E-state index is 14.2. The summed E-state index contributed by atoms with van der Waals surface area (Å²) in [7, 11) is 0. The molecular weight excluding hydrogens is 404 g/mol. The lowest BCUT2D eigenvalue weighted by Gasteiger charge is -2.43. The molecule has 1 aliphatic carbocycles. The topological polar surface area (TPSA) is 71.7 Å². The van der Waals surface area contributed by atoms with Crippen LogP contribution in [-0.4, -0.2) is 27.4 Å². The number of hydrogen-bond acceptors (Lipinski definition) is 3. The van der Waals surface area contributed by atoms with Gasteiger partial charge in [-0.05, 0) is 43.5 Å². The van der Waals surface area contributed by atoms with Crippen molar-refractivity contribution in [2.45, 2.75) is 44.1 Å². The first-order chi connectivity index (χ1) is 14.6. The molecule has 31 heavy (non-hydrogen) atoms. The first-order valence-corrected chi connectivity index (χ1v) is 10.3. The average Bonchev–Trinajstić information content (AvgIpc) is 3.30. The number of aliphatic carboxylic acids is 1. The quantitative estimate of drug-likeness (QED) is 0.604. The van der Waals surface area contributed by atoms with E-state index in [0.29, 0.717) is 42.5 Å². The number of carboxylic acids is 1. The van der Waals surface area contributed by atoms with Gasteiger partial charge in [-0.2, -0.15) is 0 Å². The summed E-state index contributed by atoms with van der Waals surface area (Å²) in [5, 5.41) is 21.0. The zero-order chi connectivity index (χ0) is 22.1. The zero-order valence-electron chi connectivity index (χ0n) is 17.3. The minimum absolute atomic E-state index is 0.0505. The van der Waals surface area contributed by atoms with Crippen LogP contribution in [0.1, 0.15) is 44.4 Å². The van der Waals surface area contributed by atoms with E-state index in [-0.39, 0.29) is 5.75 Å². The molecule has 1 aliphatic heterocycles. The lowest BCUT2D eigenvalue weighted by molar-refractivity contribution is -0.143. The predicted octanol–water partition coefficient (Wildman–Crippen LogP) is 5.00. The SMILES string of the molecule is CC1(C)CO[C@]2(CC[C@@H](C(=O)O)C2)c2c1n(-c1ccc(F)c(F)c1)c1cccc(O)c21. The maximum atomic E-state index is 14.2. The van der Waals surface area contributed by atoms with Crippen LogP contribution in [0.25, 0.3) is 16.6 Å². The van der Waals surface area contributed by atoms with Gasteiger partial charge in [-0.25, -0.2) is 8.78 Å². The molecule has 2 heterocycles. The van der Waals surface area contributed by atoms with Crippen LogP contribution in [-0.2, 0) is 20.5 Å². The molecule has 1 saturated carbocycles. The van der Waals surface area contributed by atoms with Gasteiger partial charge in [0.05, 0.1) is 23.6 Å². The number of halogens is 2. The van der Waals surface area contributed by atoms with Gasteiger partial charge in [-0.15, -0.1) is 0 Å². The third kappa shape index (κ3) is 2.79. The summed E-state index contributed by atoms with van der Waals surface area (Å²) < 4.78 is 36.1.